The Hall–Kier alpha value is -1.42. The van der Waals surface area contributed by atoms with E-state index >= 15 is 0 Å². The molecule has 0 aromatic heterocycles. The monoisotopic (exact) mass is 319 g/mol. The number of benzene rings is 1. The summed E-state index contributed by atoms with van der Waals surface area (Å²) in [5.41, 5.74) is 0.666. The maximum absolute atomic E-state index is 12.5. The van der Waals surface area contributed by atoms with Crippen molar-refractivity contribution in [3.8, 4) is 0 Å². The molecule has 0 spiro atoms. The van der Waals surface area contributed by atoms with Crippen LogP contribution >= 0.6 is 15.9 Å². The second-order valence-electron chi connectivity index (χ2n) is 5.14. The Morgan fingerprint density at radius 2 is 1.84 bits per heavy atom. The summed E-state index contributed by atoms with van der Waals surface area (Å²) in [6, 6.07) is 7.30. The molecule has 0 saturated carbocycles. The lowest BCUT2D eigenvalue weighted by molar-refractivity contribution is -0.122. The van der Waals surface area contributed by atoms with E-state index in [9.17, 15) is 9.59 Å². The molecule has 1 saturated heterocycles. The van der Waals surface area contributed by atoms with Gasteiger partial charge in [-0.3, -0.25) is 14.5 Å². The Balaban J connectivity index is 1.98. The molecule has 19 heavy (non-hydrogen) atoms. The number of imide groups is 1. The molecular formula is C15H14BrNO2. The zero-order valence-corrected chi connectivity index (χ0v) is 12.1. The number of halogens is 1. The van der Waals surface area contributed by atoms with Crippen LogP contribution in [0.25, 0.3) is 0 Å². The summed E-state index contributed by atoms with van der Waals surface area (Å²) in [7, 11) is 0. The molecule has 1 aliphatic carbocycles. The van der Waals surface area contributed by atoms with Gasteiger partial charge in [-0.2, -0.15) is 0 Å². The summed E-state index contributed by atoms with van der Waals surface area (Å²) in [5.74, 6) is -0.365. The van der Waals surface area contributed by atoms with Crippen LogP contribution in [0.5, 0.6) is 0 Å². The second-order valence-corrected chi connectivity index (χ2v) is 6.06. The van der Waals surface area contributed by atoms with E-state index in [1.165, 1.54) is 4.90 Å². The minimum Gasteiger partial charge on any atom is -0.274 e. The topological polar surface area (TPSA) is 37.4 Å². The smallest absolute Gasteiger partial charge is 0.238 e. The number of rotatable bonds is 1. The van der Waals surface area contributed by atoms with Gasteiger partial charge in [0.15, 0.2) is 0 Å². The third kappa shape index (κ3) is 1.94. The van der Waals surface area contributed by atoms with Gasteiger partial charge in [0.25, 0.3) is 0 Å². The van der Waals surface area contributed by atoms with Gasteiger partial charge < -0.3 is 0 Å². The zero-order valence-electron chi connectivity index (χ0n) is 10.5. The van der Waals surface area contributed by atoms with Crippen LogP contribution < -0.4 is 4.90 Å². The minimum atomic E-state index is -0.193. The average Bonchev–Trinajstić information content (AvgIpc) is 2.65. The van der Waals surface area contributed by atoms with Crippen LogP contribution in [0.15, 0.2) is 40.9 Å². The number of hydrogen-bond donors (Lipinski definition) is 0. The van der Waals surface area contributed by atoms with E-state index in [0.29, 0.717) is 12.1 Å². The third-order valence-electron chi connectivity index (χ3n) is 3.96. The van der Waals surface area contributed by atoms with Gasteiger partial charge in [-0.25, -0.2) is 0 Å². The Morgan fingerprint density at radius 1 is 1.16 bits per heavy atom. The van der Waals surface area contributed by atoms with Gasteiger partial charge in [0.05, 0.1) is 17.5 Å². The number of anilines is 1. The first kappa shape index (κ1) is 12.6. The number of carbonyl (C=O) groups is 2. The van der Waals surface area contributed by atoms with Gasteiger partial charge in [0, 0.05) is 4.47 Å². The van der Waals surface area contributed by atoms with E-state index < -0.39 is 0 Å². The van der Waals surface area contributed by atoms with Crippen LogP contribution in [-0.4, -0.2) is 11.8 Å². The van der Waals surface area contributed by atoms with Gasteiger partial charge in [-0.05, 0) is 36.6 Å². The summed E-state index contributed by atoms with van der Waals surface area (Å²) in [4.78, 5) is 26.3. The highest BCUT2D eigenvalue weighted by molar-refractivity contribution is 9.10. The molecule has 1 fully saturated rings. The molecule has 0 unspecified atom stereocenters. The molecule has 4 heteroatoms. The van der Waals surface area contributed by atoms with E-state index in [1.54, 1.807) is 12.1 Å². The van der Waals surface area contributed by atoms with Crippen molar-refractivity contribution < 1.29 is 9.59 Å². The van der Waals surface area contributed by atoms with Gasteiger partial charge >= 0.3 is 0 Å². The molecule has 2 amide bonds. The minimum absolute atomic E-state index is 0.0610. The molecule has 2 aliphatic rings. The van der Waals surface area contributed by atoms with Crippen molar-refractivity contribution in [2.45, 2.75) is 13.3 Å². The maximum atomic E-state index is 12.5. The molecule has 3 rings (SSSR count). The number of carbonyl (C=O) groups excluding carboxylic acids is 2. The fraction of sp³-hybridized carbons (Fsp3) is 0.333. The largest absolute Gasteiger partial charge is 0.274 e. The predicted octanol–water partition coefficient (Wildman–Crippen LogP) is 3.15. The van der Waals surface area contributed by atoms with Crippen LogP contribution in [0, 0.1) is 17.8 Å². The predicted molar refractivity (Wildman–Crippen MR) is 76.5 cm³/mol. The Labute approximate surface area is 120 Å². The molecule has 1 aromatic rings. The lowest BCUT2D eigenvalue weighted by Gasteiger charge is -2.22. The van der Waals surface area contributed by atoms with Gasteiger partial charge in [0.1, 0.15) is 0 Å². The molecule has 0 radical (unpaired) electrons. The Kier molecular flexibility index (Phi) is 3.05. The summed E-state index contributed by atoms with van der Waals surface area (Å²) in [5, 5.41) is 0. The highest BCUT2D eigenvalue weighted by Gasteiger charge is 2.50. The summed E-state index contributed by atoms with van der Waals surface area (Å²) in [6.07, 6.45) is 4.73. The van der Waals surface area contributed by atoms with Gasteiger partial charge in [-0.15, -0.1) is 0 Å². The molecule has 3 atom stereocenters. The average molecular weight is 320 g/mol. The van der Waals surface area contributed by atoms with Crippen molar-refractivity contribution >= 4 is 33.4 Å². The molecular weight excluding hydrogens is 306 g/mol. The zero-order chi connectivity index (χ0) is 13.6. The van der Waals surface area contributed by atoms with E-state index in [4.69, 9.17) is 0 Å². The number of nitrogens with zero attached hydrogens (tertiary/aromatic N) is 1. The Bertz CT molecular complexity index is 564. The van der Waals surface area contributed by atoms with Crippen LogP contribution in [-0.2, 0) is 9.59 Å². The third-order valence-corrected chi connectivity index (χ3v) is 4.49. The van der Waals surface area contributed by atoms with E-state index in [-0.39, 0.29) is 29.6 Å². The van der Waals surface area contributed by atoms with E-state index in [2.05, 4.69) is 15.9 Å². The fourth-order valence-corrected chi connectivity index (χ4v) is 3.26. The van der Waals surface area contributed by atoms with Crippen molar-refractivity contribution in [1.29, 1.82) is 0 Å². The number of allylic oxidation sites excluding steroid dienone is 2. The standard InChI is InChI=1S/C15H14BrNO2/c1-9-3-2-4-12-13(9)15(19)17(14(12)18)11-7-5-10(16)6-8-11/h2-3,5-9,12-13H,4H2,1H3/t9-,12+,13+/m0/s1. The van der Waals surface area contributed by atoms with Crippen LogP contribution in [0.1, 0.15) is 13.3 Å². The van der Waals surface area contributed by atoms with Gasteiger partial charge in [0.2, 0.25) is 11.8 Å². The fourth-order valence-electron chi connectivity index (χ4n) is 2.99. The lowest BCUT2D eigenvalue weighted by Crippen LogP contribution is -2.31. The van der Waals surface area contributed by atoms with Crippen molar-refractivity contribution in [3.63, 3.8) is 0 Å². The molecule has 1 heterocycles. The molecule has 3 nitrogen and oxygen atoms in total. The van der Waals surface area contributed by atoms with Crippen molar-refractivity contribution in [2.75, 3.05) is 4.90 Å². The van der Waals surface area contributed by atoms with Crippen molar-refractivity contribution in [2.24, 2.45) is 17.8 Å². The SMILES string of the molecule is C[C@H]1C=CC[C@H]2C(=O)N(c3ccc(Br)cc3)C(=O)[C@H]12. The quantitative estimate of drug-likeness (QED) is 0.589. The van der Waals surface area contributed by atoms with Gasteiger partial charge in [-0.1, -0.05) is 35.0 Å². The number of hydrogen-bond acceptors (Lipinski definition) is 2. The normalized spacial score (nSPS) is 29.8. The highest BCUT2D eigenvalue weighted by atomic mass is 79.9. The molecule has 1 aromatic carbocycles. The molecule has 1 aliphatic heterocycles. The summed E-state index contributed by atoms with van der Waals surface area (Å²) in [6.45, 7) is 2.00. The number of fused-ring (bicyclic) bond motifs is 1. The molecule has 98 valence electrons. The summed E-state index contributed by atoms with van der Waals surface area (Å²) >= 11 is 3.36. The van der Waals surface area contributed by atoms with Crippen LogP contribution in [0.4, 0.5) is 5.69 Å². The van der Waals surface area contributed by atoms with E-state index in [1.807, 2.05) is 31.2 Å². The Morgan fingerprint density at radius 3 is 2.47 bits per heavy atom. The highest BCUT2D eigenvalue weighted by Crippen LogP contribution is 2.40. The van der Waals surface area contributed by atoms with Crippen molar-refractivity contribution in [1.82, 2.24) is 0 Å². The first-order valence-electron chi connectivity index (χ1n) is 6.39. The number of amides is 2. The molecule has 0 bridgehead atoms. The maximum Gasteiger partial charge on any atom is 0.238 e. The molecule has 0 N–H and O–H groups in total. The lowest BCUT2D eigenvalue weighted by atomic mass is 9.78. The van der Waals surface area contributed by atoms with Crippen LogP contribution in [0.3, 0.4) is 0 Å². The van der Waals surface area contributed by atoms with Crippen LogP contribution in [0.2, 0.25) is 0 Å². The van der Waals surface area contributed by atoms with E-state index in [0.717, 1.165) is 4.47 Å². The van der Waals surface area contributed by atoms with Crippen molar-refractivity contribution in [3.05, 3.63) is 40.9 Å². The first-order chi connectivity index (χ1) is 9.09. The second kappa shape index (κ2) is 4.60. The summed E-state index contributed by atoms with van der Waals surface area (Å²) < 4.78 is 0.933. The first-order valence-corrected chi connectivity index (χ1v) is 7.19.